The third-order valence-electron chi connectivity index (χ3n) is 2.60. The second kappa shape index (κ2) is 8.63. The van der Waals surface area contributed by atoms with Crippen LogP contribution in [-0.4, -0.2) is 51.5 Å². The van der Waals surface area contributed by atoms with Gasteiger partial charge in [0, 0.05) is 0 Å². The topological polar surface area (TPSA) is 27.6 Å². The van der Waals surface area contributed by atoms with Crippen molar-refractivity contribution in [2.75, 3.05) is 39.2 Å². The van der Waals surface area contributed by atoms with Gasteiger partial charge in [-0.3, -0.25) is 0 Å². The van der Waals surface area contributed by atoms with Crippen molar-refractivity contribution >= 4 is 42.4 Å². The van der Waals surface area contributed by atoms with E-state index >= 15 is 0 Å². The fourth-order valence-electron chi connectivity index (χ4n) is 1.53. The summed E-state index contributed by atoms with van der Waals surface area (Å²) in [7, 11) is 11.0. The van der Waals surface area contributed by atoms with Gasteiger partial charge in [-0.25, -0.2) is 0 Å². The number of benzene rings is 1. The van der Waals surface area contributed by atoms with Crippen molar-refractivity contribution in [1.82, 2.24) is 4.48 Å². The first-order chi connectivity index (χ1) is 8.99. The monoisotopic (exact) mass is 362 g/mol. The normalized spacial score (nSPS) is 13.5. The maximum absolute atomic E-state index is 3.97. The zero-order chi connectivity index (χ0) is 14.3. The maximum atomic E-state index is 3.97. The predicted molar refractivity (Wildman–Crippen MR) is 94.4 cm³/mol. The van der Waals surface area contributed by atoms with E-state index in [1.807, 2.05) is 0 Å². The van der Waals surface area contributed by atoms with Crippen molar-refractivity contribution in [3.05, 3.63) is 24.3 Å². The molecule has 0 aliphatic carbocycles. The van der Waals surface area contributed by atoms with E-state index in [1.54, 1.807) is 4.35 Å². The Balaban J connectivity index is 2.78. The van der Waals surface area contributed by atoms with E-state index in [0.717, 1.165) is 11.0 Å². The van der Waals surface area contributed by atoms with Crippen molar-refractivity contribution in [3.8, 4) is 0 Å². The molecule has 5 heteroatoms. The second-order valence-electron chi connectivity index (χ2n) is 5.31. The van der Waals surface area contributed by atoms with Crippen LogP contribution in [-0.2, 0) is 0 Å². The van der Waals surface area contributed by atoms with Crippen LogP contribution >= 0.6 is 20.0 Å². The molecule has 0 saturated carbocycles. The molecule has 108 valence electrons. The van der Waals surface area contributed by atoms with Crippen LogP contribution in [0.25, 0.3) is 0 Å². The molecule has 0 saturated heterocycles. The molecule has 0 spiro atoms. The van der Waals surface area contributed by atoms with Gasteiger partial charge in [-0.05, 0) is 0 Å². The van der Waals surface area contributed by atoms with Gasteiger partial charge in [0.15, 0.2) is 0 Å². The first kappa shape index (κ1) is 17.4. The molecule has 0 radical (unpaired) electrons. The van der Waals surface area contributed by atoms with Crippen LogP contribution in [0.15, 0.2) is 24.3 Å². The number of quaternary nitrogens is 2. The van der Waals surface area contributed by atoms with Crippen LogP contribution in [0.2, 0.25) is 0 Å². The molecule has 0 aliphatic rings. The Morgan fingerprint density at radius 1 is 1.05 bits per heavy atom. The van der Waals surface area contributed by atoms with E-state index in [4.69, 9.17) is 0 Å². The zero-order valence-electron chi connectivity index (χ0n) is 12.6. The fourth-order valence-corrected chi connectivity index (χ4v) is 14.5. The first-order valence-electron chi connectivity index (χ1n) is 6.76. The molecule has 1 rings (SSSR count). The Morgan fingerprint density at radius 2 is 1.63 bits per heavy atom. The summed E-state index contributed by atoms with van der Waals surface area (Å²) < 4.78 is 2.48. The summed E-state index contributed by atoms with van der Waals surface area (Å²) >= 11 is -0.989. The summed E-state index contributed by atoms with van der Waals surface area (Å²) in [6, 6.07) is 9.32. The summed E-state index contributed by atoms with van der Waals surface area (Å²) in [5.41, 5.74) is 5.34. The van der Waals surface area contributed by atoms with Gasteiger partial charge in [0.2, 0.25) is 0 Å². The molecule has 1 aromatic carbocycles. The van der Waals surface area contributed by atoms with Crippen LogP contribution in [0.4, 0.5) is 5.69 Å². The van der Waals surface area contributed by atoms with Crippen LogP contribution in [0.3, 0.4) is 0 Å². The Labute approximate surface area is 129 Å². The molecule has 0 amide bonds. The summed E-state index contributed by atoms with van der Waals surface area (Å²) in [6.07, 6.45) is 1.28. The quantitative estimate of drug-likeness (QED) is 0.563. The minimum atomic E-state index is -0.989. The van der Waals surface area contributed by atoms with Gasteiger partial charge in [0.25, 0.3) is 0 Å². The van der Waals surface area contributed by atoms with Crippen LogP contribution < -0.4 is 14.6 Å². The third-order valence-corrected chi connectivity index (χ3v) is 16.4. The summed E-state index contributed by atoms with van der Waals surface area (Å²) in [6.45, 7) is 3.31. The molecule has 2 nitrogen and oxygen atoms in total. The molecule has 0 aromatic heterocycles. The van der Waals surface area contributed by atoms with Gasteiger partial charge >= 0.3 is 129 Å². The minimum absolute atomic E-state index is 0.890. The SMILES string of the molecule is CCCS[As](SCC[NH3+])c1ccc([N+](C)(C)C)cc1. The van der Waals surface area contributed by atoms with Crippen molar-refractivity contribution in [2.45, 2.75) is 13.3 Å². The third kappa shape index (κ3) is 6.13. The first-order valence-corrected chi connectivity index (χ1v) is 14.2. The fraction of sp³-hybridized carbons (Fsp3) is 0.571. The Morgan fingerprint density at radius 3 is 2.11 bits per heavy atom. The predicted octanol–water partition coefficient (Wildman–Crippen LogP) is 1.70. The van der Waals surface area contributed by atoms with Gasteiger partial charge in [0.1, 0.15) is 0 Å². The van der Waals surface area contributed by atoms with E-state index in [0.29, 0.717) is 0 Å². The number of hydrogen-bond acceptors (Lipinski definition) is 2. The van der Waals surface area contributed by atoms with Crippen molar-refractivity contribution < 1.29 is 5.73 Å². The summed E-state index contributed by atoms with van der Waals surface area (Å²) in [5, 5.41) is 0. The number of hydrogen-bond donors (Lipinski definition) is 1. The van der Waals surface area contributed by atoms with Gasteiger partial charge in [-0.2, -0.15) is 0 Å². The van der Waals surface area contributed by atoms with E-state index in [-0.39, 0.29) is 0 Å². The Bertz CT molecular complexity index is 355. The van der Waals surface area contributed by atoms with Crippen LogP contribution in [0, 0.1) is 0 Å². The second-order valence-corrected chi connectivity index (χ2v) is 17.0. The average Bonchev–Trinajstić information content (AvgIpc) is 2.38. The Kier molecular flexibility index (Phi) is 7.93. The number of nitrogens with zero attached hydrogens (tertiary/aromatic N) is 1. The number of rotatable bonds is 8. The average molecular weight is 362 g/mol. The van der Waals surface area contributed by atoms with Gasteiger partial charge in [-0.1, -0.05) is 0 Å². The molecular weight excluding hydrogens is 335 g/mol. The molecule has 0 fully saturated rings. The standard InChI is InChI=1S/C14H26AsN2S2/c1-5-11-18-15(19-12-10-16)13-6-8-14(9-7-13)17(2,3)4/h6-9H,5,10-12,16H2,1-4H3/q+1/p+1. The Hall–Kier alpha value is 0.398. The van der Waals surface area contributed by atoms with Gasteiger partial charge < -0.3 is 0 Å². The van der Waals surface area contributed by atoms with Crippen molar-refractivity contribution in [1.29, 1.82) is 0 Å². The van der Waals surface area contributed by atoms with E-state index in [9.17, 15) is 0 Å². The molecule has 3 N–H and O–H groups in total. The zero-order valence-corrected chi connectivity index (χ0v) is 16.1. The van der Waals surface area contributed by atoms with Crippen LogP contribution in [0.5, 0.6) is 0 Å². The van der Waals surface area contributed by atoms with E-state index in [2.05, 4.69) is 78.1 Å². The molecular formula is C14H27AsN2S2+2. The summed E-state index contributed by atoms with van der Waals surface area (Å²) in [5.74, 6) is 2.50. The molecule has 1 unspecified atom stereocenters. The molecule has 1 atom stereocenters. The van der Waals surface area contributed by atoms with E-state index in [1.165, 1.54) is 23.6 Å². The van der Waals surface area contributed by atoms with Crippen molar-refractivity contribution in [3.63, 3.8) is 0 Å². The molecule has 0 aliphatic heterocycles. The molecule has 0 heterocycles. The van der Waals surface area contributed by atoms with Gasteiger partial charge in [0.05, 0.1) is 0 Å². The molecule has 0 bridgehead atoms. The van der Waals surface area contributed by atoms with Gasteiger partial charge in [-0.15, -0.1) is 0 Å². The molecule has 19 heavy (non-hydrogen) atoms. The molecule has 1 aromatic rings. The van der Waals surface area contributed by atoms with E-state index < -0.39 is 12.3 Å². The summed E-state index contributed by atoms with van der Waals surface area (Å²) in [4.78, 5) is 0. The van der Waals surface area contributed by atoms with Crippen LogP contribution in [0.1, 0.15) is 13.3 Å². The van der Waals surface area contributed by atoms with Crippen molar-refractivity contribution in [2.24, 2.45) is 0 Å².